The Hall–Kier alpha value is -4.83. The van der Waals surface area contributed by atoms with Gasteiger partial charge in [0.05, 0.1) is 11.0 Å². The van der Waals surface area contributed by atoms with E-state index < -0.39 is 0 Å². The molecule has 5 aromatic carbocycles. The molecule has 0 spiro atoms. The summed E-state index contributed by atoms with van der Waals surface area (Å²) < 4.78 is 14.7. The van der Waals surface area contributed by atoms with Gasteiger partial charge in [0.2, 0.25) is 0 Å². The maximum absolute atomic E-state index is 6.30. The fraction of sp³-hybridized carbons (Fsp3) is 0.0312. The monoisotopic (exact) mass is 464 g/mol. The van der Waals surface area contributed by atoms with Crippen molar-refractivity contribution in [1.82, 2.24) is 9.55 Å². The highest BCUT2D eigenvalue weighted by Gasteiger charge is 2.16. The van der Waals surface area contributed by atoms with Gasteiger partial charge in [-0.05, 0) is 72.6 Å². The Kier molecular flexibility index (Phi) is 3.84. The standard InChI is InChI=1S/C32H20N2O2/c1-19-33-27-7-3-4-8-28(27)34(19)22-13-10-20(11-14-22)21-12-17-30-26(18-21)25-16-15-24-23-6-2-5-9-29(23)35-31(24)32(25)36-30/h2-18H,1H3. The lowest BCUT2D eigenvalue weighted by atomic mass is 10.0. The highest BCUT2D eigenvalue weighted by molar-refractivity contribution is 6.19. The topological polar surface area (TPSA) is 44.1 Å². The molecule has 170 valence electrons. The number of para-hydroxylation sites is 3. The molecule has 0 N–H and O–H groups in total. The third-order valence-electron chi connectivity index (χ3n) is 7.17. The van der Waals surface area contributed by atoms with E-state index in [1.807, 2.05) is 31.2 Å². The summed E-state index contributed by atoms with van der Waals surface area (Å²) >= 11 is 0. The number of rotatable bonds is 2. The molecule has 0 aliphatic heterocycles. The van der Waals surface area contributed by atoms with Crippen LogP contribution in [0.15, 0.2) is 112 Å². The van der Waals surface area contributed by atoms with Crippen molar-refractivity contribution in [2.24, 2.45) is 0 Å². The molecular formula is C32H20N2O2. The van der Waals surface area contributed by atoms with Gasteiger partial charge in [-0.15, -0.1) is 0 Å². The number of hydrogen-bond donors (Lipinski definition) is 0. The summed E-state index contributed by atoms with van der Waals surface area (Å²) in [4.78, 5) is 4.71. The SMILES string of the molecule is Cc1nc2ccccc2n1-c1ccc(-c2ccc3oc4c(ccc5c6ccccc6oc54)c3c2)cc1. The predicted octanol–water partition coefficient (Wildman–Crippen LogP) is 8.80. The van der Waals surface area contributed by atoms with Crippen molar-refractivity contribution in [3.63, 3.8) is 0 Å². The Morgan fingerprint density at radius 2 is 1.25 bits per heavy atom. The second-order valence-corrected chi connectivity index (χ2v) is 9.26. The quantitative estimate of drug-likeness (QED) is 0.257. The molecule has 8 rings (SSSR count). The fourth-order valence-electron chi connectivity index (χ4n) is 5.47. The largest absolute Gasteiger partial charge is 0.452 e. The van der Waals surface area contributed by atoms with Gasteiger partial charge in [0.15, 0.2) is 11.2 Å². The molecule has 3 heterocycles. The molecule has 0 amide bonds. The van der Waals surface area contributed by atoms with Crippen molar-refractivity contribution in [2.75, 3.05) is 0 Å². The van der Waals surface area contributed by atoms with Gasteiger partial charge >= 0.3 is 0 Å². The highest BCUT2D eigenvalue weighted by atomic mass is 16.4. The van der Waals surface area contributed by atoms with E-state index in [0.717, 1.165) is 77.5 Å². The van der Waals surface area contributed by atoms with Crippen LogP contribution in [0.2, 0.25) is 0 Å². The smallest absolute Gasteiger partial charge is 0.178 e. The molecule has 0 bridgehead atoms. The van der Waals surface area contributed by atoms with Crippen LogP contribution in [0.25, 0.3) is 71.7 Å². The maximum atomic E-state index is 6.30. The lowest BCUT2D eigenvalue weighted by molar-refractivity contribution is 0.633. The first-order chi connectivity index (χ1) is 17.7. The van der Waals surface area contributed by atoms with E-state index >= 15 is 0 Å². The van der Waals surface area contributed by atoms with Gasteiger partial charge in [0.25, 0.3) is 0 Å². The molecule has 0 radical (unpaired) electrons. The molecule has 0 unspecified atom stereocenters. The third kappa shape index (κ3) is 2.67. The van der Waals surface area contributed by atoms with E-state index in [-0.39, 0.29) is 0 Å². The van der Waals surface area contributed by atoms with Crippen molar-refractivity contribution < 1.29 is 8.83 Å². The van der Waals surface area contributed by atoms with Crippen LogP contribution in [0, 0.1) is 6.92 Å². The van der Waals surface area contributed by atoms with E-state index in [9.17, 15) is 0 Å². The molecule has 4 heteroatoms. The van der Waals surface area contributed by atoms with E-state index in [1.54, 1.807) is 0 Å². The Morgan fingerprint density at radius 1 is 0.583 bits per heavy atom. The van der Waals surface area contributed by atoms with Gasteiger partial charge < -0.3 is 8.83 Å². The summed E-state index contributed by atoms with van der Waals surface area (Å²) in [6.07, 6.45) is 0. The summed E-state index contributed by atoms with van der Waals surface area (Å²) in [7, 11) is 0. The van der Waals surface area contributed by atoms with Crippen LogP contribution in [-0.4, -0.2) is 9.55 Å². The molecule has 0 aliphatic rings. The summed E-state index contributed by atoms with van der Waals surface area (Å²) in [5, 5.41) is 4.34. The van der Waals surface area contributed by atoms with Crippen LogP contribution in [-0.2, 0) is 0 Å². The fourth-order valence-corrected chi connectivity index (χ4v) is 5.47. The molecule has 8 aromatic rings. The van der Waals surface area contributed by atoms with Crippen molar-refractivity contribution in [1.29, 1.82) is 0 Å². The molecule has 3 aromatic heterocycles. The van der Waals surface area contributed by atoms with Gasteiger partial charge in [-0.25, -0.2) is 4.98 Å². The normalized spacial score (nSPS) is 12.0. The zero-order valence-corrected chi connectivity index (χ0v) is 19.5. The van der Waals surface area contributed by atoms with Gasteiger partial charge in [0, 0.05) is 27.2 Å². The average molecular weight is 465 g/mol. The van der Waals surface area contributed by atoms with Crippen molar-refractivity contribution >= 4 is 54.9 Å². The Balaban J connectivity index is 1.25. The van der Waals surface area contributed by atoms with Crippen molar-refractivity contribution in [3.05, 3.63) is 109 Å². The number of fused-ring (bicyclic) bond motifs is 8. The number of aryl methyl sites for hydroxylation is 1. The van der Waals surface area contributed by atoms with Crippen molar-refractivity contribution in [3.8, 4) is 16.8 Å². The van der Waals surface area contributed by atoms with Crippen LogP contribution in [0.5, 0.6) is 0 Å². The zero-order chi connectivity index (χ0) is 23.8. The lowest BCUT2D eigenvalue weighted by Gasteiger charge is -2.09. The molecule has 0 saturated carbocycles. The first-order valence-corrected chi connectivity index (χ1v) is 12.1. The number of nitrogens with zero attached hydrogens (tertiary/aromatic N) is 2. The van der Waals surface area contributed by atoms with E-state index in [2.05, 4.69) is 83.4 Å². The van der Waals surface area contributed by atoms with E-state index in [4.69, 9.17) is 13.8 Å². The number of benzene rings is 5. The third-order valence-corrected chi connectivity index (χ3v) is 7.17. The van der Waals surface area contributed by atoms with Crippen LogP contribution in [0.1, 0.15) is 5.82 Å². The molecule has 0 atom stereocenters. The Bertz CT molecular complexity index is 2110. The van der Waals surface area contributed by atoms with Gasteiger partial charge in [-0.1, -0.05) is 48.5 Å². The number of imidazole rings is 1. The molecule has 0 fully saturated rings. The predicted molar refractivity (Wildman–Crippen MR) is 146 cm³/mol. The molecule has 0 saturated heterocycles. The highest BCUT2D eigenvalue weighted by Crippen LogP contribution is 2.39. The zero-order valence-electron chi connectivity index (χ0n) is 19.5. The van der Waals surface area contributed by atoms with E-state index in [1.165, 1.54) is 0 Å². The molecule has 0 aliphatic carbocycles. The minimum Gasteiger partial charge on any atom is -0.452 e. The first-order valence-electron chi connectivity index (χ1n) is 12.1. The lowest BCUT2D eigenvalue weighted by Crippen LogP contribution is -1.96. The summed E-state index contributed by atoms with van der Waals surface area (Å²) in [5.41, 5.74) is 8.87. The summed E-state index contributed by atoms with van der Waals surface area (Å²) in [6, 6.07) is 35.7. The van der Waals surface area contributed by atoms with Gasteiger partial charge in [-0.3, -0.25) is 4.57 Å². The van der Waals surface area contributed by atoms with Gasteiger partial charge in [-0.2, -0.15) is 0 Å². The number of furan rings is 2. The second-order valence-electron chi connectivity index (χ2n) is 9.26. The summed E-state index contributed by atoms with van der Waals surface area (Å²) in [5.74, 6) is 0.979. The molecular weight excluding hydrogens is 444 g/mol. The summed E-state index contributed by atoms with van der Waals surface area (Å²) in [6.45, 7) is 2.05. The van der Waals surface area contributed by atoms with Crippen LogP contribution >= 0.6 is 0 Å². The minimum atomic E-state index is 0.800. The first kappa shape index (κ1) is 19.5. The second kappa shape index (κ2) is 7.09. The number of hydrogen-bond acceptors (Lipinski definition) is 3. The number of aromatic nitrogens is 2. The molecule has 4 nitrogen and oxygen atoms in total. The van der Waals surface area contributed by atoms with Crippen LogP contribution in [0.4, 0.5) is 0 Å². The maximum Gasteiger partial charge on any atom is 0.178 e. The van der Waals surface area contributed by atoms with Crippen LogP contribution < -0.4 is 0 Å². The minimum absolute atomic E-state index is 0.800. The van der Waals surface area contributed by atoms with Gasteiger partial charge in [0.1, 0.15) is 17.0 Å². The Labute approximate surface area is 206 Å². The Morgan fingerprint density at radius 3 is 2.08 bits per heavy atom. The molecule has 36 heavy (non-hydrogen) atoms. The average Bonchev–Trinajstić information content (AvgIpc) is 3.58. The van der Waals surface area contributed by atoms with E-state index in [0.29, 0.717) is 0 Å². The van der Waals surface area contributed by atoms with Crippen LogP contribution in [0.3, 0.4) is 0 Å². The van der Waals surface area contributed by atoms with Crippen molar-refractivity contribution in [2.45, 2.75) is 6.92 Å².